The first kappa shape index (κ1) is 23.7. The highest BCUT2D eigenvalue weighted by atomic mass is 32.2. The fraction of sp³-hybridized carbons (Fsp3) is 0.406. The maximum Gasteiger partial charge on any atom is 0.344 e. The van der Waals surface area contributed by atoms with Crippen molar-refractivity contribution in [2.45, 2.75) is 65.7 Å². The van der Waals surface area contributed by atoms with Gasteiger partial charge in [-0.1, -0.05) is 43.3 Å². The zero-order valence-electron chi connectivity index (χ0n) is 21.0. The average molecular weight is 500 g/mol. The lowest BCUT2D eigenvalue weighted by Crippen LogP contribution is -2.59. The van der Waals surface area contributed by atoms with Gasteiger partial charge in [-0.15, -0.1) is 0 Å². The summed E-state index contributed by atoms with van der Waals surface area (Å²) in [5.41, 5.74) is -0.266. The van der Waals surface area contributed by atoms with Gasteiger partial charge in [-0.05, 0) is 111 Å². The summed E-state index contributed by atoms with van der Waals surface area (Å²) in [6, 6.07) is 29.4. The summed E-state index contributed by atoms with van der Waals surface area (Å²) < 4.78 is 12.2. The van der Waals surface area contributed by atoms with Gasteiger partial charge in [0.05, 0.1) is 10.9 Å². The fourth-order valence-corrected chi connectivity index (χ4v) is 9.46. The standard InChI is InChI=1S/C32H35O3S/c1-2-32(25-18-23-17-24(20-25)21-26(32)19-23)35-31(33)22-34-27-13-15-30(16-14-27)36(28-9-5-3-6-10-28)29-11-7-4-8-12-29/h3-16,23-26H,2,17-22H2,1H3/q+1. The van der Waals surface area contributed by atoms with Crippen molar-refractivity contribution < 1.29 is 14.3 Å². The quantitative estimate of drug-likeness (QED) is 0.241. The van der Waals surface area contributed by atoms with Crippen LogP contribution in [0, 0.1) is 23.7 Å². The van der Waals surface area contributed by atoms with Crippen LogP contribution in [0.3, 0.4) is 0 Å². The molecule has 7 rings (SSSR count). The number of ether oxygens (including phenoxy) is 2. The molecule has 0 saturated heterocycles. The van der Waals surface area contributed by atoms with Crippen LogP contribution in [0.15, 0.2) is 99.6 Å². The van der Waals surface area contributed by atoms with E-state index < -0.39 is 0 Å². The van der Waals surface area contributed by atoms with E-state index >= 15 is 0 Å². The van der Waals surface area contributed by atoms with E-state index in [0.29, 0.717) is 17.6 Å². The molecule has 0 heterocycles. The molecule has 3 aromatic carbocycles. The van der Waals surface area contributed by atoms with Crippen molar-refractivity contribution in [3.05, 3.63) is 84.9 Å². The first-order valence-electron chi connectivity index (χ1n) is 13.4. The second-order valence-corrected chi connectivity index (χ2v) is 12.8. The zero-order chi connectivity index (χ0) is 24.5. The van der Waals surface area contributed by atoms with Gasteiger partial charge in [0.2, 0.25) is 0 Å². The Bertz CT molecular complexity index is 1110. The number of benzene rings is 3. The van der Waals surface area contributed by atoms with Crippen molar-refractivity contribution in [3.63, 3.8) is 0 Å². The van der Waals surface area contributed by atoms with Crippen LogP contribution < -0.4 is 4.74 Å². The molecule has 0 aliphatic heterocycles. The van der Waals surface area contributed by atoms with Crippen LogP contribution in [0.25, 0.3) is 0 Å². The monoisotopic (exact) mass is 499 g/mol. The lowest BCUT2D eigenvalue weighted by molar-refractivity contribution is -0.212. The molecule has 4 bridgehead atoms. The smallest absolute Gasteiger partial charge is 0.344 e. The molecule has 36 heavy (non-hydrogen) atoms. The van der Waals surface area contributed by atoms with E-state index in [0.717, 1.165) is 18.3 Å². The topological polar surface area (TPSA) is 35.5 Å². The second-order valence-electron chi connectivity index (χ2n) is 10.8. The average Bonchev–Trinajstić information content (AvgIpc) is 2.91. The highest BCUT2D eigenvalue weighted by molar-refractivity contribution is 7.97. The van der Waals surface area contributed by atoms with Crippen molar-refractivity contribution in [2.24, 2.45) is 23.7 Å². The van der Waals surface area contributed by atoms with Crippen LogP contribution in [-0.4, -0.2) is 18.2 Å². The molecule has 0 N–H and O–H groups in total. The number of carbonyl (C=O) groups is 1. The van der Waals surface area contributed by atoms with Gasteiger partial charge < -0.3 is 9.47 Å². The maximum absolute atomic E-state index is 13.0. The van der Waals surface area contributed by atoms with E-state index in [9.17, 15) is 4.79 Å². The molecule has 4 fully saturated rings. The zero-order valence-corrected chi connectivity index (χ0v) is 21.8. The number of carbonyl (C=O) groups excluding carboxylic acids is 1. The van der Waals surface area contributed by atoms with Crippen molar-refractivity contribution in [3.8, 4) is 5.75 Å². The molecule has 3 nitrogen and oxygen atoms in total. The summed E-state index contributed by atoms with van der Waals surface area (Å²) in [5.74, 6) is 3.28. The van der Waals surface area contributed by atoms with Crippen molar-refractivity contribution in [1.29, 1.82) is 0 Å². The van der Waals surface area contributed by atoms with Crippen LogP contribution in [0.5, 0.6) is 5.75 Å². The van der Waals surface area contributed by atoms with Crippen LogP contribution in [-0.2, 0) is 20.4 Å². The van der Waals surface area contributed by atoms with Crippen molar-refractivity contribution >= 4 is 16.9 Å². The molecule has 3 aromatic rings. The van der Waals surface area contributed by atoms with E-state index in [1.165, 1.54) is 46.8 Å². The van der Waals surface area contributed by atoms with Crippen LogP contribution in [0.4, 0.5) is 0 Å². The fourth-order valence-electron chi connectivity index (χ4n) is 7.38. The van der Waals surface area contributed by atoms with Gasteiger partial charge in [0.25, 0.3) is 0 Å². The highest BCUT2D eigenvalue weighted by Crippen LogP contribution is 2.60. The Hall–Kier alpha value is -2.72. The van der Waals surface area contributed by atoms with Crippen LogP contribution in [0.2, 0.25) is 0 Å². The Labute approximate surface area is 217 Å². The van der Waals surface area contributed by atoms with Gasteiger partial charge in [-0.3, -0.25) is 0 Å². The largest absolute Gasteiger partial charge is 0.482 e. The molecular weight excluding hydrogens is 464 g/mol. The molecule has 0 radical (unpaired) electrons. The molecule has 4 saturated carbocycles. The summed E-state index contributed by atoms with van der Waals surface area (Å²) >= 11 is 0. The maximum atomic E-state index is 13.0. The normalized spacial score (nSPS) is 28.3. The molecule has 4 heteroatoms. The van der Waals surface area contributed by atoms with E-state index in [4.69, 9.17) is 9.47 Å². The lowest BCUT2D eigenvalue weighted by atomic mass is 9.49. The Morgan fingerprint density at radius 3 is 1.75 bits per heavy atom. The van der Waals surface area contributed by atoms with Gasteiger partial charge in [-0.2, -0.15) is 0 Å². The molecule has 0 aromatic heterocycles. The highest BCUT2D eigenvalue weighted by Gasteiger charge is 2.58. The minimum Gasteiger partial charge on any atom is -0.482 e. The Morgan fingerprint density at radius 1 is 0.750 bits per heavy atom. The number of hydrogen-bond acceptors (Lipinski definition) is 3. The van der Waals surface area contributed by atoms with E-state index in [2.05, 4.69) is 79.7 Å². The van der Waals surface area contributed by atoms with Gasteiger partial charge in [0.1, 0.15) is 11.4 Å². The van der Waals surface area contributed by atoms with Gasteiger partial charge in [0.15, 0.2) is 21.3 Å². The van der Waals surface area contributed by atoms with E-state index in [1.54, 1.807) is 0 Å². The van der Waals surface area contributed by atoms with Crippen molar-refractivity contribution in [2.75, 3.05) is 6.61 Å². The third-order valence-electron chi connectivity index (χ3n) is 8.75. The van der Waals surface area contributed by atoms with Gasteiger partial charge in [-0.25, -0.2) is 4.79 Å². The van der Waals surface area contributed by atoms with Gasteiger partial charge in [0, 0.05) is 0 Å². The molecule has 4 aliphatic carbocycles. The first-order chi connectivity index (χ1) is 17.6. The second kappa shape index (κ2) is 9.97. The number of hydrogen-bond donors (Lipinski definition) is 0. The molecule has 0 amide bonds. The predicted molar refractivity (Wildman–Crippen MR) is 143 cm³/mol. The minimum atomic E-state index is -0.266. The lowest BCUT2D eigenvalue weighted by Gasteiger charge is -2.60. The summed E-state index contributed by atoms with van der Waals surface area (Å²) in [6.07, 6.45) is 7.27. The molecular formula is C32H35O3S+. The third kappa shape index (κ3) is 4.45. The van der Waals surface area contributed by atoms with E-state index in [1.807, 2.05) is 12.1 Å². The Kier molecular flexibility index (Phi) is 6.55. The Morgan fingerprint density at radius 2 is 1.25 bits per heavy atom. The molecule has 0 spiro atoms. The molecule has 0 unspecified atom stereocenters. The molecule has 186 valence electrons. The number of rotatable bonds is 8. The van der Waals surface area contributed by atoms with Crippen LogP contribution in [0.1, 0.15) is 45.4 Å². The number of esters is 1. The van der Waals surface area contributed by atoms with Crippen LogP contribution >= 0.6 is 0 Å². The summed E-state index contributed by atoms with van der Waals surface area (Å²) in [5, 5.41) is 0. The van der Waals surface area contributed by atoms with Crippen molar-refractivity contribution in [1.82, 2.24) is 0 Å². The summed E-state index contributed by atoms with van der Waals surface area (Å²) in [6.45, 7) is 2.17. The summed E-state index contributed by atoms with van der Waals surface area (Å²) in [7, 11) is -0.197. The molecule has 4 aliphatic rings. The summed E-state index contributed by atoms with van der Waals surface area (Å²) in [4.78, 5) is 16.8. The molecule has 0 atom stereocenters. The Balaban J connectivity index is 1.13. The SMILES string of the molecule is CCC1(OC(=O)COc2ccc([S+](c3ccccc3)c3ccccc3)cc2)C2CC3CC(C2)CC1C3. The minimum absolute atomic E-state index is 0.0313. The first-order valence-corrected chi connectivity index (χ1v) is 14.7. The van der Waals surface area contributed by atoms with Gasteiger partial charge >= 0.3 is 5.97 Å². The van der Waals surface area contributed by atoms with E-state index in [-0.39, 0.29) is 29.1 Å². The predicted octanol–water partition coefficient (Wildman–Crippen LogP) is 7.31. The third-order valence-corrected chi connectivity index (χ3v) is 11.0.